The number of nitrogens with one attached hydrogen (secondary N) is 1. The van der Waals surface area contributed by atoms with Crippen molar-refractivity contribution < 1.29 is 14.3 Å². The van der Waals surface area contributed by atoms with Crippen LogP contribution in [-0.4, -0.2) is 18.5 Å². The molecule has 0 fully saturated rings. The average molecular weight is 366 g/mol. The minimum Gasteiger partial charge on any atom is -0.452 e. The van der Waals surface area contributed by atoms with Crippen LogP contribution in [0.1, 0.15) is 27.0 Å². The first kappa shape index (κ1) is 18.3. The lowest BCUT2D eigenvalue weighted by molar-refractivity contribution is -0.119. The second kappa shape index (κ2) is 7.69. The van der Waals surface area contributed by atoms with Gasteiger partial charge in [0.2, 0.25) is 0 Å². The van der Waals surface area contributed by atoms with E-state index in [1.165, 1.54) is 0 Å². The van der Waals surface area contributed by atoms with Gasteiger partial charge in [-0.1, -0.05) is 47.0 Å². The zero-order valence-electron chi connectivity index (χ0n) is 13.6. The Morgan fingerprint density at radius 1 is 1.04 bits per heavy atom. The normalized spacial score (nSPS) is 10.4. The van der Waals surface area contributed by atoms with Crippen molar-refractivity contribution in [2.45, 2.75) is 20.8 Å². The van der Waals surface area contributed by atoms with Crippen LogP contribution in [0.5, 0.6) is 0 Å². The van der Waals surface area contributed by atoms with Gasteiger partial charge in [-0.05, 0) is 44.0 Å². The van der Waals surface area contributed by atoms with Gasteiger partial charge in [0.1, 0.15) is 0 Å². The molecule has 6 heteroatoms. The van der Waals surface area contributed by atoms with E-state index in [4.69, 9.17) is 27.9 Å². The molecule has 24 heavy (non-hydrogen) atoms. The summed E-state index contributed by atoms with van der Waals surface area (Å²) in [5.41, 5.74) is 3.46. The molecule has 2 rings (SSSR count). The van der Waals surface area contributed by atoms with Gasteiger partial charge >= 0.3 is 5.97 Å². The maximum Gasteiger partial charge on any atom is 0.339 e. The summed E-state index contributed by atoms with van der Waals surface area (Å²) in [5, 5.41) is 3.17. The summed E-state index contributed by atoms with van der Waals surface area (Å²) in [4.78, 5) is 24.2. The van der Waals surface area contributed by atoms with E-state index in [0.29, 0.717) is 21.3 Å². The summed E-state index contributed by atoms with van der Waals surface area (Å²) in [5.74, 6) is -1.05. The number of carbonyl (C=O) groups excluding carboxylic acids is 2. The van der Waals surface area contributed by atoms with Crippen LogP contribution < -0.4 is 5.32 Å². The Kier molecular flexibility index (Phi) is 5.86. The lowest BCUT2D eigenvalue weighted by Crippen LogP contribution is -2.22. The molecule has 2 aromatic carbocycles. The highest BCUT2D eigenvalue weighted by Gasteiger charge is 2.17. The highest BCUT2D eigenvalue weighted by molar-refractivity contribution is 6.39. The Morgan fingerprint density at radius 3 is 2.12 bits per heavy atom. The lowest BCUT2D eigenvalue weighted by atomic mass is 10.00. The van der Waals surface area contributed by atoms with Crippen LogP contribution in [0.25, 0.3) is 0 Å². The maximum absolute atomic E-state index is 12.2. The molecule has 0 radical (unpaired) electrons. The van der Waals surface area contributed by atoms with Gasteiger partial charge in [-0.25, -0.2) is 4.79 Å². The fourth-order valence-electron chi connectivity index (χ4n) is 2.50. The van der Waals surface area contributed by atoms with Crippen LogP contribution in [0.2, 0.25) is 10.0 Å². The van der Waals surface area contributed by atoms with Gasteiger partial charge in [0, 0.05) is 0 Å². The van der Waals surface area contributed by atoms with E-state index in [1.807, 2.05) is 32.9 Å². The van der Waals surface area contributed by atoms with Crippen LogP contribution in [0.4, 0.5) is 5.69 Å². The van der Waals surface area contributed by atoms with Gasteiger partial charge in [-0.15, -0.1) is 0 Å². The first-order valence-electron chi connectivity index (χ1n) is 7.28. The predicted octanol–water partition coefficient (Wildman–Crippen LogP) is 4.71. The summed E-state index contributed by atoms with van der Waals surface area (Å²) in [6, 6.07) is 8.67. The molecule has 126 valence electrons. The number of para-hydroxylation sites is 1. The molecule has 0 aliphatic heterocycles. The van der Waals surface area contributed by atoms with Crippen molar-refractivity contribution in [3.05, 3.63) is 62.6 Å². The zero-order chi connectivity index (χ0) is 17.9. The Hall–Kier alpha value is -2.04. The molecule has 0 spiro atoms. The number of hydrogen-bond acceptors (Lipinski definition) is 3. The predicted molar refractivity (Wildman–Crippen MR) is 96.0 cm³/mol. The molecular formula is C18H17Cl2NO3. The van der Waals surface area contributed by atoms with Gasteiger partial charge in [0.25, 0.3) is 5.91 Å². The van der Waals surface area contributed by atoms with Crippen LogP contribution in [0.15, 0.2) is 30.3 Å². The standard InChI is InChI=1S/C18H17Cl2NO3/c1-10-7-11(2)16(12(3)8-10)18(23)24-9-15(22)21-17-13(19)5-4-6-14(17)20/h4-8H,9H2,1-3H3,(H,21,22). The SMILES string of the molecule is Cc1cc(C)c(C(=O)OCC(=O)Nc2c(Cl)cccc2Cl)c(C)c1. The number of amides is 1. The lowest BCUT2D eigenvalue weighted by Gasteiger charge is -2.12. The third-order valence-corrected chi connectivity index (χ3v) is 4.07. The number of ether oxygens (including phenoxy) is 1. The molecule has 0 aliphatic rings. The van der Waals surface area contributed by atoms with E-state index >= 15 is 0 Å². The summed E-state index contributed by atoms with van der Waals surface area (Å²) >= 11 is 12.0. The van der Waals surface area contributed by atoms with Gasteiger partial charge in [0.05, 0.1) is 21.3 Å². The molecule has 0 heterocycles. The number of anilines is 1. The molecule has 0 saturated heterocycles. The molecule has 0 atom stereocenters. The van der Waals surface area contributed by atoms with Crippen LogP contribution in [0.3, 0.4) is 0 Å². The molecule has 0 saturated carbocycles. The van der Waals surface area contributed by atoms with Crippen molar-refractivity contribution in [2.75, 3.05) is 11.9 Å². The van der Waals surface area contributed by atoms with E-state index in [1.54, 1.807) is 18.2 Å². The minimum absolute atomic E-state index is 0.296. The van der Waals surface area contributed by atoms with Crippen molar-refractivity contribution >= 4 is 40.8 Å². The Balaban J connectivity index is 2.03. The van der Waals surface area contributed by atoms with Gasteiger partial charge < -0.3 is 10.1 Å². The van der Waals surface area contributed by atoms with E-state index in [-0.39, 0.29) is 0 Å². The summed E-state index contributed by atoms with van der Waals surface area (Å²) in [6.07, 6.45) is 0. The van der Waals surface area contributed by atoms with E-state index in [0.717, 1.165) is 16.7 Å². The summed E-state index contributed by atoms with van der Waals surface area (Å²) in [6.45, 7) is 5.20. The molecule has 1 amide bonds. The fourth-order valence-corrected chi connectivity index (χ4v) is 2.99. The zero-order valence-corrected chi connectivity index (χ0v) is 15.1. The monoisotopic (exact) mass is 365 g/mol. The number of esters is 1. The maximum atomic E-state index is 12.2. The van der Waals surface area contributed by atoms with E-state index < -0.39 is 18.5 Å². The molecule has 0 aromatic heterocycles. The van der Waals surface area contributed by atoms with Gasteiger partial charge in [0.15, 0.2) is 6.61 Å². The molecular weight excluding hydrogens is 349 g/mol. The smallest absolute Gasteiger partial charge is 0.339 e. The van der Waals surface area contributed by atoms with E-state index in [9.17, 15) is 9.59 Å². The third kappa shape index (κ3) is 4.28. The Morgan fingerprint density at radius 2 is 1.58 bits per heavy atom. The van der Waals surface area contributed by atoms with Crippen molar-refractivity contribution in [2.24, 2.45) is 0 Å². The average Bonchev–Trinajstić information content (AvgIpc) is 2.48. The number of rotatable bonds is 4. The first-order chi connectivity index (χ1) is 11.3. The largest absolute Gasteiger partial charge is 0.452 e. The van der Waals surface area contributed by atoms with Crippen LogP contribution in [0, 0.1) is 20.8 Å². The van der Waals surface area contributed by atoms with Gasteiger partial charge in [-0.2, -0.15) is 0 Å². The minimum atomic E-state index is -0.537. The molecule has 0 aliphatic carbocycles. The van der Waals surface area contributed by atoms with Crippen LogP contribution in [-0.2, 0) is 9.53 Å². The number of halogens is 2. The fraction of sp³-hybridized carbons (Fsp3) is 0.222. The third-order valence-electron chi connectivity index (χ3n) is 3.44. The molecule has 0 unspecified atom stereocenters. The number of hydrogen-bond donors (Lipinski definition) is 1. The highest BCUT2D eigenvalue weighted by Crippen LogP contribution is 2.29. The Bertz CT molecular complexity index is 760. The Labute approximate surface area is 150 Å². The second-order valence-corrected chi connectivity index (χ2v) is 6.31. The second-order valence-electron chi connectivity index (χ2n) is 5.49. The topological polar surface area (TPSA) is 55.4 Å². The van der Waals surface area contributed by atoms with Crippen molar-refractivity contribution in [1.82, 2.24) is 0 Å². The van der Waals surface area contributed by atoms with Crippen molar-refractivity contribution in [1.29, 1.82) is 0 Å². The van der Waals surface area contributed by atoms with Crippen molar-refractivity contribution in [3.8, 4) is 0 Å². The quantitative estimate of drug-likeness (QED) is 0.797. The molecule has 0 bridgehead atoms. The highest BCUT2D eigenvalue weighted by atomic mass is 35.5. The first-order valence-corrected chi connectivity index (χ1v) is 8.04. The van der Waals surface area contributed by atoms with Gasteiger partial charge in [-0.3, -0.25) is 4.79 Å². The summed E-state index contributed by atoms with van der Waals surface area (Å²) < 4.78 is 5.11. The number of benzene rings is 2. The van der Waals surface area contributed by atoms with E-state index in [2.05, 4.69) is 5.32 Å². The summed E-state index contributed by atoms with van der Waals surface area (Å²) in [7, 11) is 0. The molecule has 2 aromatic rings. The molecule has 4 nitrogen and oxygen atoms in total. The number of aryl methyl sites for hydroxylation is 3. The molecule has 1 N–H and O–H groups in total. The van der Waals surface area contributed by atoms with Crippen molar-refractivity contribution in [3.63, 3.8) is 0 Å². The van der Waals surface area contributed by atoms with Crippen LogP contribution >= 0.6 is 23.2 Å². The number of carbonyl (C=O) groups is 2.